The maximum Gasteiger partial charge on any atom is 0.225 e. The molecule has 0 aromatic heterocycles. The van der Waals surface area contributed by atoms with E-state index in [1.165, 1.54) is 0 Å². The van der Waals surface area contributed by atoms with Crippen LogP contribution in [0.4, 0.5) is 0 Å². The summed E-state index contributed by atoms with van der Waals surface area (Å²) in [4.78, 5) is 26.5. The number of likely N-dealkylation sites (tertiary alicyclic amines) is 1. The third-order valence-corrected chi connectivity index (χ3v) is 4.67. The van der Waals surface area contributed by atoms with Gasteiger partial charge in [-0.05, 0) is 30.5 Å². The summed E-state index contributed by atoms with van der Waals surface area (Å²) < 4.78 is 10.7. The molecule has 6 heteroatoms. The smallest absolute Gasteiger partial charge is 0.225 e. The summed E-state index contributed by atoms with van der Waals surface area (Å²) in [7, 11) is 3.21. The summed E-state index contributed by atoms with van der Waals surface area (Å²) in [6, 6.07) is 5.84. The van der Waals surface area contributed by atoms with Crippen molar-refractivity contribution in [2.45, 2.75) is 46.1 Å². The predicted octanol–water partition coefficient (Wildman–Crippen LogP) is 2.92. The van der Waals surface area contributed by atoms with Crippen LogP contribution in [0.5, 0.6) is 11.5 Å². The highest BCUT2D eigenvalue weighted by atomic mass is 16.5. The molecule has 144 valence electrons. The molecule has 0 spiro atoms. The van der Waals surface area contributed by atoms with Gasteiger partial charge in [-0.2, -0.15) is 0 Å². The predicted molar refractivity (Wildman–Crippen MR) is 100 cm³/mol. The van der Waals surface area contributed by atoms with Gasteiger partial charge in [0.25, 0.3) is 0 Å². The normalized spacial score (nSPS) is 17.1. The summed E-state index contributed by atoms with van der Waals surface area (Å²) in [5.41, 5.74) is 0.603. The van der Waals surface area contributed by atoms with Crippen LogP contribution >= 0.6 is 0 Å². The molecule has 1 saturated heterocycles. The van der Waals surface area contributed by atoms with E-state index in [-0.39, 0.29) is 17.9 Å². The Bertz CT molecular complexity index is 652. The van der Waals surface area contributed by atoms with Crippen LogP contribution in [0.1, 0.15) is 51.6 Å². The Morgan fingerprint density at radius 3 is 2.50 bits per heavy atom. The molecule has 2 amide bonds. The Morgan fingerprint density at radius 1 is 1.19 bits per heavy atom. The van der Waals surface area contributed by atoms with Crippen LogP contribution in [0.3, 0.4) is 0 Å². The maximum atomic E-state index is 12.7. The number of amides is 2. The van der Waals surface area contributed by atoms with Gasteiger partial charge in [-0.25, -0.2) is 0 Å². The second-order valence-electron chi connectivity index (χ2n) is 7.62. The lowest BCUT2D eigenvalue weighted by Gasteiger charge is -2.26. The number of ether oxygens (including phenoxy) is 2. The van der Waals surface area contributed by atoms with Crippen molar-refractivity contribution in [2.24, 2.45) is 5.41 Å². The van der Waals surface area contributed by atoms with Gasteiger partial charge >= 0.3 is 0 Å². The Kier molecular flexibility index (Phi) is 6.51. The zero-order valence-corrected chi connectivity index (χ0v) is 16.4. The molecule has 1 heterocycles. The Morgan fingerprint density at radius 2 is 1.88 bits per heavy atom. The first kappa shape index (κ1) is 20.1. The molecule has 0 aliphatic carbocycles. The van der Waals surface area contributed by atoms with E-state index in [1.54, 1.807) is 14.2 Å². The monoisotopic (exact) mass is 362 g/mol. The second-order valence-corrected chi connectivity index (χ2v) is 7.62. The van der Waals surface area contributed by atoms with Crippen molar-refractivity contribution in [3.8, 4) is 11.5 Å². The fourth-order valence-corrected chi connectivity index (χ4v) is 3.16. The number of nitrogens with one attached hydrogen (secondary N) is 1. The van der Waals surface area contributed by atoms with Crippen LogP contribution in [-0.2, 0) is 9.59 Å². The zero-order chi connectivity index (χ0) is 19.3. The maximum absolute atomic E-state index is 12.7. The molecular weight excluding hydrogens is 332 g/mol. The van der Waals surface area contributed by atoms with E-state index in [9.17, 15) is 9.59 Å². The first-order valence-corrected chi connectivity index (χ1v) is 9.07. The molecule has 1 aliphatic rings. The lowest BCUT2D eigenvalue weighted by Crippen LogP contribution is -2.38. The standard InChI is InChI=1S/C20H30N2O4/c1-20(2,3)19(24)21-11-10-18(23)22-12-6-7-15(22)14-8-9-16(25-4)17(13-14)26-5/h8-9,13,15H,6-7,10-12H2,1-5H3,(H,21,24). The molecule has 1 aromatic carbocycles. The van der Waals surface area contributed by atoms with E-state index >= 15 is 0 Å². The lowest BCUT2D eigenvalue weighted by atomic mass is 9.96. The van der Waals surface area contributed by atoms with Gasteiger partial charge < -0.3 is 19.7 Å². The van der Waals surface area contributed by atoms with E-state index in [0.717, 1.165) is 24.9 Å². The fraction of sp³-hybridized carbons (Fsp3) is 0.600. The van der Waals surface area contributed by atoms with Gasteiger partial charge in [-0.15, -0.1) is 0 Å². The minimum Gasteiger partial charge on any atom is -0.493 e. The van der Waals surface area contributed by atoms with Crippen molar-refractivity contribution in [1.29, 1.82) is 0 Å². The summed E-state index contributed by atoms with van der Waals surface area (Å²) >= 11 is 0. The van der Waals surface area contributed by atoms with Crippen molar-refractivity contribution in [2.75, 3.05) is 27.3 Å². The highest BCUT2D eigenvalue weighted by molar-refractivity contribution is 5.82. The Balaban J connectivity index is 2.01. The third-order valence-electron chi connectivity index (χ3n) is 4.67. The average molecular weight is 362 g/mol. The second kappa shape index (κ2) is 8.43. The molecule has 1 atom stereocenters. The molecule has 2 rings (SSSR count). The fourth-order valence-electron chi connectivity index (χ4n) is 3.16. The molecule has 1 unspecified atom stereocenters. The molecular formula is C20H30N2O4. The molecule has 1 fully saturated rings. The lowest BCUT2D eigenvalue weighted by molar-refractivity contribution is -0.132. The van der Waals surface area contributed by atoms with Gasteiger partial charge in [0, 0.05) is 24.9 Å². The first-order valence-electron chi connectivity index (χ1n) is 9.07. The van der Waals surface area contributed by atoms with Crippen LogP contribution in [0, 0.1) is 5.41 Å². The minimum atomic E-state index is -0.446. The molecule has 1 N–H and O–H groups in total. The Hall–Kier alpha value is -2.24. The van der Waals surface area contributed by atoms with Crippen molar-refractivity contribution < 1.29 is 19.1 Å². The summed E-state index contributed by atoms with van der Waals surface area (Å²) in [6.45, 7) is 6.68. The number of hydrogen-bond donors (Lipinski definition) is 1. The number of hydrogen-bond acceptors (Lipinski definition) is 4. The van der Waals surface area contributed by atoms with Crippen LogP contribution in [0.2, 0.25) is 0 Å². The molecule has 1 aliphatic heterocycles. The number of rotatable bonds is 6. The highest BCUT2D eigenvalue weighted by Gasteiger charge is 2.30. The summed E-state index contributed by atoms with van der Waals surface area (Å²) in [5.74, 6) is 1.37. The van der Waals surface area contributed by atoms with E-state index in [1.807, 2.05) is 43.9 Å². The molecule has 0 saturated carbocycles. The molecule has 26 heavy (non-hydrogen) atoms. The van der Waals surface area contributed by atoms with E-state index in [4.69, 9.17) is 9.47 Å². The van der Waals surface area contributed by atoms with Gasteiger partial charge in [0.15, 0.2) is 11.5 Å². The minimum absolute atomic E-state index is 0.0387. The topological polar surface area (TPSA) is 67.9 Å². The number of benzene rings is 1. The number of carbonyl (C=O) groups is 2. The van der Waals surface area contributed by atoms with Crippen LogP contribution in [0.25, 0.3) is 0 Å². The average Bonchev–Trinajstić information content (AvgIpc) is 3.09. The number of methoxy groups -OCH3 is 2. The van der Waals surface area contributed by atoms with Crippen molar-refractivity contribution in [1.82, 2.24) is 10.2 Å². The van der Waals surface area contributed by atoms with Gasteiger partial charge in [-0.3, -0.25) is 9.59 Å². The van der Waals surface area contributed by atoms with Crippen LogP contribution < -0.4 is 14.8 Å². The van der Waals surface area contributed by atoms with Crippen LogP contribution in [-0.4, -0.2) is 44.0 Å². The van der Waals surface area contributed by atoms with E-state index < -0.39 is 5.41 Å². The van der Waals surface area contributed by atoms with Crippen LogP contribution in [0.15, 0.2) is 18.2 Å². The summed E-state index contributed by atoms with van der Waals surface area (Å²) in [5, 5.41) is 2.84. The van der Waals surface area contributed by atoms with E-state index in [0.29, 0.717) is 24.5 Å². The van der Waals surface area contributed by atoms with Crippen molar-refractivity contribution >= 4 is 11.8 Å². The largest absolute Gasteiger partial charge is 0.493 e. The van der Waals surface area contributed by atoms with Gasteiger partial charge in [0.1, 0.15) is 0 Å². The van der Waals surface area contributed by atoms with E-state index in [2.05, 4.69) is 5.32 Å². The van der Waals surface area contributed by atoms with Gasteiger partial charge in [0.2, 0.25) is 11.8 Å². The molecule has 1 aromatic rings. The van der Waals surface area contributed by atoms with Crippen molar-refractivity contribution in [3.05, 3.63) is 23.8 Å². The molecule has 0 bridgehead atoms. The number of carbonyl (C=O) groups excluding carboxylic acids is 2. The number of nitrogens with zero attached hydrogens (tertiary/aromatic N) is 1. The zero-order valence-electron chi connectivity index (χ0n) is 16.4. The third kappa shape index (κ3) is 4.68. The molecule has 0 radical (unpaired) electrons. The van der Waals surface area contributed by atoms with Gasteiger partial charge in [0.05, 0.1) is 20.3 Å². The first-order chi connectivity index (χ1) is 12.3. The highest BCUT2D eigenvalue weighted by Crippen LogP contribution is 2.37. The van der Waals surface area contributed by atoms with Gasteiger partial charge in [-0.1, -0.05) is 26.8 Å². The summed E-state index contributed by atoms with van der Waals surface area (Å²) in [6.07, 6.45) is 2.21. The van der Waals surface area contributed by atoms with Crippen molar-refractivity contribution in [3.63, 3.8) is 0 Å². The SMILES string of the molecule is COc1ccc(C2CCCN2C(=O)CCNC(=O)C(C)(C)C)cc1OC. The quantitative estimate of drug-likeness (QED) is 0.845. The Labute approximate surface area is 155 Å². The molecule has 6 nitrogen and oxygen atoms in total.